The molecule has 9 heteroatoms. The fourth-order valence-electron chi connectivity index (χ4n) is 4.57. The highest BCUT2D eigenvalue weighted by molar-refractivity contribution is 7.99. The number of fused-ring (bicyclic) bond motifs is 2. The number of ether oxygens (including phenoxy) is 1. The lowest BCUT2D eigenvalue weighted by atomic mass is 9.91. The predicted octanol–water partition coefficient (Wildman–Crippen LogP) is 2.79. The molecular weight excluding hydrogens is 407 g/mol. The van der Waals surface area contributed by atoms with Crippen molar-refractivity contribution in [1.82, 2.24) is 20.4 Å². The number of likely N-dealkylation sites (tertiary alicyclic amines) is 1. The Kier molecular flexibility index (Phi) is 6.58. The van der Waals surface area contributed by atoms with Crippen LogP contribution in [-0.2, 0) is 17.1 Å². The van der Waals surface area contributed by atoms with Crippen LogP contribution in [-0.4, -0.2) is 52.9 Å². The van der Waals surface area contributed by atoms with Gasteiger partial charge in [0.05, 0.1) is 18.6 Å². The smallest absolute Gasteiger partial charge is 0.236 e. The van der Waals surface area contributed by atoms with Gasteiger partial charge in [0, 0.05) is 37.3 Å². The van der Waals surface area contributed by atoms with Crippen molar-refractivity contribution < 1.29 is 18.4 Å². The first-order valence-corrected chi connectivity index (χ1v) is 11.4. The maximum Gasteiger partial charge on any atom is 0.236 e. The standard InChI is InChI=1S/C21H27FN4O3S/c1-13-23-20(29-25-13)12-30-11-19(27)24-21-15-3-4-16(21)10-26(9-15)8-14-5-6-17(28-2)7-18(14)22/h5-7,15-16,21H,3-4,8-12H2,1-2H3,(H,24,27)/t15-,16+,21?. The van der Waals surface area contributed by atoms with Gasteiger partial charge in [-0.1, -0.05) is 11.2 Å². The van der Waals surface area contributed by atoms with E-state index in [1.807, 2.05) is 0 Å². The van der Waals surface area contributed by atoms with Crippen LogP contribution in [0.4, 0.5) is 4.39 Å². The molecule has 7 nitrogen and oxygen atoms in total. The van der Waals surface area contributed by atoms with Crippen LogP contribution in [0.2, 0.25) is 0 Å². The summed E-state index contributed by atoms with van der Waals surface area (Å²) in [4.78, 5) is 18.9. The van der Waals surface area contributed by atoms with E-state index in [4.69, 9.17) is 9.26 Å². The summed E-state index contributed by atoms with van der Waals surface area (Å²) in [6.45, 7) is 4.11. The Labute approximate surface area is 179 Å². The first-order valence-electron chi connectivity index (χ1n) is 10.2. The summed E-state index contributed by atoms with van der Waals surface area (Å²) >= 11 is 1.48. The number of carbonyl (C=O) groups is 1. The molecule has 1 aliphatic heterocycles. The predicted molar refractivity (Wildman–Crippen MR) is 112 cm³/mol. The molecule has 0 spiro atoms. The van der Waals surface area contributed by atoms with E-state index >= 15 is 0 Å². The minimum Gasteiger partial charge on any atom is -0.497 e. The average molecular weight is 435 g/mol. The second-order valence-corrected chi connectivity index (χ2v) is 9.06. The number of thioether (sulfide) groups is 1. The second kappa shape index (κ2) is 9.34. The summed E-state index contributed by atoms with van der Waals surface area (Å²) in [5.74, 6) is 3.24. The molecule has 1 amide bonds. The molecule has 2 fully saturated rings. The van der Waals surface area contributed by atoms with Crippen LogP contribution in [0.1, 0.15) is 30.1 Å². The van der Waals surface area contributed by atoms with Gasteiger partial charge in [0.15, 0.2) is 5.82 Å². The Morgan fingerprint density at radius 3 is 2.77 bits per heavy atom. The van der Waals surface area contributed by atoms with E-state index in [9.17, 15) is 9.18 Å². The lowest BCUT2D eigenvalue weighted by molar-refractivity contribution is -0.120. The Hall–Kier alpha value is -2.13. The SMILES string of the molecule is COc1ccc(CN2C[C@H]3CC[C@@H](C2)C3NC(=O)CSCc2nc(C)no2)c(F)c1. The number of carbonyl (C=O) groups excluding carboxylic acids is 1. The van der Waals surface area contributed by atoms with E-state index in [0.717, 1.165) is 25.9 Å². The molecule has 4 rings (SSSR count). The molecule has 2 heterocycles. The third kappa shape index (κ3) is 4.95. The number of nitrogens with zero attached hydrogens (tertiary/aromatic N) is 3. The van der Waals surface area contributed by atoms with Crippen molar-refractivity contribution in [2.45, 2.75) is 38.1 Å². The zero-order valence-electron chi connectivity index (χ0n) is 17.3. The molecule has 1 N–H and O–H groups in total. The zero-order chi connectivity index (χ0) is 21.1. The minimum atomic E-state index is -0.231. The summed E-state index contributed by atoms with van der Waals surface area (Å²) in [6, 6.07) is 5.24. The molecule has 0 radical (unpaired) electrons. The van der Waals surface area contributed by atoms with E-state index in [2.05, 4.69) is 20.4 Å². The van der Waals surface area contributed by atoms with Gasteiger partial charge >= 0.3 is 0 Å². The average Bonchev–Trinajstić information content (AvgIpc) is 3.22. The number of piperidine rings is 1. The lowest BCUT2D eigenvalue weighted by Gasteiger charge is -2.38. The quantitative estimate of drug-likeness (QED) is 0.684. The second-order valence-electron chi connectivity index (χ2n) is 8.07. The maximum absolute atomic E-state index is 14.3. The van der Waals surface area contributed by atoms with Gasteiger partial charge in [-0.05, 0) is 37.7 Å². The van der Waals surface area contributed by atoms with Crippen LogP contribution in [0.3, 0.4) is 0 Å². The summed E-state index contributed by atoms with van der Waals surface area (Å²) in [5.41, 5.74) is 0.686. The lowest BCUT2D eigenvalue weighted by Crippen LogP contribution is -2.52. The fourth-order valence-corrected chi connectivity index (χ4v) is 5.23. The van der Waals surface area contributed by atoms with Crippen molar-refractivity contribution in [3.63, 3.8) is 0 Å². The number of nitrogens with one attached hydrogen (secondary N) is 1. The van der Waals surface area contributed by atoms with Crippen LogP contribution in [0.15, 0.2) is 22.7 Å². The molecule has 3 atom stereocenters. The summed E-state index contributed by atoms with van der Waals surface area (Å²) < 4.78 is 24.5. The summed E-state index contributed by atoms with van der Waals surface area (Å²) in [6.07, 6.45) is 2.21. The molecule has 1 unspecified atom stereocenters. The van der Waals surface area contributed by atoms with Crippen LogP contribution >= 0.6 is 11.8 Å². The van der Waals surface area contributed by atoms with Crippen molar-refractivity contribution in [3.8, 4) is 5.75 Å². The highest BCUT2D eigenvalue weighted by Crippen LogP contribution is 2.37. The van der Waals surface area contributed by atoms with E-state index in [0.29, 0.717) is 52.9 Å². The fraction of sp³-hybridized carbons (Fsp3) is 0.571. The Balaban J connectivity index is 1.26. The first-order chi connectivity index (χ1) is 14.5. The molecule has 2 bridgehead atoms. The van der Waals surface area contributed by atoms with Gasteiger partial charge in [-0.25, -0.2) is 4.39 Å². The minimum absolute atomic E-state index is 0.0489. The van der Waals surface area contributed by atoms with Gasteiger partial charge in [-0.3, -0.25) is 9.69 Å². The first kappa shape index (κ1) is 21.1. The van der Waals surface area contributed by atoms with Crippen LogP contribution in [0.25, 0.3) is 0 Å². The number of rotatable bonds is 8. The Morgan fingerprint density at radius 1 is 1.37 bits per heavy atom. The third-order valence-corrected chi connectivity index (χ3v) is 6.84. The van der Waals surface area contributed by atoms with Gasteiger partial charge < -0.3 is 14.6 Å². The van der Waals surface area contributed by atoms with Crippen LogP contribution in [0, 0.1) is 24.6 Å². The number of aromatic nitrogens is 2. The molecule has 1 aromatic carbocycles. The van der Waals surface area contributed by atoms with E-state index in [1.165, 1.54) is 24.9 Å². The molecule has 2 aromatic rings. The van der Waals surface area contributed by atoms with Gasteiger partial charge in [0.25, 0.3) is 0 Å². The zero-order valence-corrected chi connectivity index (χ0v) is 18.1. The monoisotopic (exact) mass is 434 g/mol. The number of hydrogen-bond donors (Lipinski definition) is 1. The number of amides is 1. The van der Waals surface area contributed by atoms with E-state index in [-0.39, 0.29) is 17.8 Å². The van der Waals surface area contributed by atoms with Crippen molar-refractivity contribution in [2.24, 2.45) is 11.8 Å². The van der Waals surface area contributed by atoms with Gasteiger partial charge in [-0.2, -0.15) is 4.98 Å². The van der Waals surface area contributed by atoms with E-state index in [1.54, 1.807) is 19.1 Å². The Bertz CT molecular complexity index is 879. The molecule has 1 saturated heterocycles. The molecule has 162 valence electrons. The largest absolute Gasteiger partial charge is 0.497 e. The van der Waals surface area contributed by atoms with Crippen molar-refractivity contribution in [1.29, 1.82) is 0 Å². The van der Waals surface area contributed by atoms with Crippen LogP contribution in [0.5, 0.6) is 5.75 Å². The van der Waals surface area contributed by atoms with Crippen molar-refractivity contribution >= 4 is 17.7 Å². The number of benzene rings is 1. The highest BCUT2D eigenvalue weighted by atomic mass is 32.2. The van der Waals surface area contributed by atoms with Crippen molar-refractivity contribution in [2.75, 3.05) is 26.0 Å². The maximum atomic E-state index is 14.3. The van der Waals surface area contributed by atoms with Gasteiger partial charge in [0.2, 0.25) is 11.8 Å². The summed E-state index contributed by atoms with van der Waals surface area (Å²) in [7, 11) is 1.54. The highest BCUT2D eigenvalue weighted by Gasteiger charge is 2.42. The molecule has 1 aromatic heterocycles. The Morgan fingerprint density at radius 2 is 2.13 bits per heavy atom. The molecular formula is C21H27FN4O3S. The number of aryl methyl sites for hydroxylation is 1. The number of methoxy groups -OCH3 is 1. The van der Waals surface area contributed by atoms with Gasteiger partial charge in [0.1, 0.15) is 11.6 Å². The molecule has 1 saturated carbocycles. The number of hydrogen-bond acceptors (Lipinski definition) is 7. The summed E-state index contributed by atoms with van der Waals surface area (Å²) in [5, 5.41) is 6.99. The topological polar surface area (TPSA) is 80.5 Å². The molecule has 1 aliphatic carbocycles. The number of halogens is 1. The normalized spacial score (nSPS) is 23.5. The van der Waals surface area contributed by atoms with Crippen LogP contribution < -0.4 is 10.1 Å². The third-order valence-electron chi connectivity index (χ3n) is 5.92. The molecule has 2 aliphatic rings. The van der Waals surface area contributed by atoms with Crippen molar-refractivity contribution in [3.05, 3.63) is 41.3 Å². The van der Waals surface area contributed by atoms with E-state index < -0.39 is 0 Å². The van der Waals surface area contributed by atoms with Gasteiger partial charge in [-0.15, -0.1) is 11.8 Å². The molecule has 30 heavy (non-hydrogen) atoms.